The molecule has 1 aromatic carbocycles. The maximum atomic E-state index is 12.6. The van der Waals surface area contributed by atoms with Crippen molar-refractivity contribution in [1.82, 2.24) is 14.9 Å². The number of hydrogen-bond acceptors (Lipinski definition) is 5. The Kier molecular flexibility index (Phi) is 3.42. The predicted molar refractivity (Wildman–Crippen MR) is 86.4 cm³/mol. The van der Waals surface area contributed by atoms with E-state index < -0.39 is 0 Å². The zero-order valence-electron chi connectivity index (χ0n) is 12.6. The number of fused-ring (bicyclic) bond motifs is 1. The fourth-order valence-electron chi connectivity index (χ4n) is 2.85. The Bertz CT molecular complexity index is 823. The molecule has 0 saturated carbocycles. The van der Waals surface area contributed by atoms with E-state index >= 15 is 0 Å². The maximum Gasteiger partial charge on any atom is 0.254 e. The molecule has 3 heterocycles. The average molecular weight is 308 g/mol. The highest BCUT2D eigenvalue weighted by molar-refractivity contribution is 5.97. The second-order valence-electron chi connectivity index (χ2n) is 5.50. The summed E-state index contributed by atoms with van der Waals surface area (Å²) >= 11 is 0. The van der Waals surface area contributed by atoms with E-state index in [0.717, 1.165) is 24.4 Å². The number of nitrogens with zero attached hydrogens (tertiary/aromatic N) is 4. The van der Waals surface area contributed by atoms with Gasteiger partial charge >= 0.3 is 0 Å². The van der Waals surface area contributed by atoms with Crippen LogP contribution in [-0.2, 0) is 0 Å². The molecule has 4 rings (SSSR count). The first-order chi connectivity index (χ1) is 11.3. The summed E-state index contributed by atoms with van der Waals surface area (Å²) < 4.78 is 5.27. The molecule has 0 bridgehead atoms. The van der Waals surface area contributed by atoms with Gasteiger partial charge in [-0.15, -0.1) is 0 Å². The van der Waals surface area contributed by atoms with Crippen LogP contribution in [0.15, 0.2) is 53.4 Å². The summed E-state index contributed by atoms with van der Waals surface area (Å²) in [5.41, 5.74) is 2.05. The Labute approximate surface area is 133 Å². The van der Waals surface area contributed by atoms with Crippen molar-refractivity contribution >= 4 is 22.8 Å². The molecule has 0 aliphatic carbocycles. The number of anilines is 1. The van der Waals surface area contributed by atoms with E-state index in [1.165, 1.54) is 6.39 Å². The van der Waals surface area contributed by atoms with E-state index in [1.807, 2.05) is 29.2 Å². The summed E-state index contributed by atoms with van der Waals surface area (Å²) in [6, 6.07) is 11.3. The number of hydrogen-bond donors (Lipinski definition) is 0. The maximum absolute atomic E-state index is 12.6. The lowest BCUT2D eigenvalue weighted by molar-refractivity contribution is 0.0746. The highest BCUT2D eigenvalue weighted by atomic mass is 16.3. The summed E-state index contributed by atoms with van der Waals surface area (Å²) in [6.07, 6.45) is 3.18. The van der Waals surface area contributed by atoms with Crippen molar-refractivity contribution in [3.8, 4) is 0 Å². The van der Waals surface area contributed by atoms with Crippen LogP contribution in [0.25, 0.3) is 11.1 Å². The zero-order chi connectivity index (χ0) is 15.6. The van der Waals surface area contributed by atoms with Crippen LogP contribution in [0.4, 0.5) is 5.82 Å². The SMILES string of the molecule is O=C(c1ccc2ncoc2c1)N1CCN(c2ccccn2)CC1. The van der Waals surface area contributed by atoms with Gasteiger partial charge in [-0.25, -0.2) is 9.97 Å². The van der Waals surface area contributed by atoms with Gasteiger partial charge in [-0.05, 0) is 30.3 Å². The van der Waals surface area contributed by atoms with E-state index in [-0.39, 0.29) is 5.91 Å². The monoisotopic (exact) mass is 308 g/mol. The second-order valence-corrected chi connectivity index (χ2v) is 5.50. The molecule has 1 aliphatic rings. The molecule has 3 aromatic rings. The fourth-order valence-corrected chi connectivity index (χ4v) is 2.85. The minimum Gasteiger partial charge on any atom is -0.443 e. The fraction of sp³-hybridized carbons (Fsp3) is 0.235. The van der Waals surface area contributed by atoms with Crippen molar-refractivity contribution in [2.45, 2.75) is 0 Å². The molecule has 6 nitrogen and oxygen atoms in total. The van der Waals surface area contributed by atoms with Crippen LogP contribution in [-0.4, -0.2) is 47.0 Å². The Hall–Kier alpha value is -2.89. The molecule has 0 atom stereocenters. The van der Waals surface area contributed by atoms with Gasteiger partial charge in [0.2, 0.25) is 0 Å². The van der Waals surface area contributed by atoms with Crippen LogP contribution in [0, 0.1) is 0 Å². The average Bonchev–Trinajstić information content (AvgIpc) is 3.10. The third kappa shape index (κ3) is 2.63. The molecule has 116 valence electrons. The van der Waals surface area contributed by atoms with Gasteiger partial charge < -0.3 is 14.2 Å². The first-order valence-electron chi connectivity index (χ1n) is 7.60. The van der Waals surface area contributed by atoms with Crippen molar-refractivity contribution in [2.75, 3.05) is 31.1 Å². The Morgan fingerprint density at radius 2 is 1.91 bits per heavy atom. The molecule has 6 heteroatoms. The van der Waals surface area contributed by atoms with Gasteiger partial charge in [0.15, 0.2) is 12.0 Å². The van der Waals surface area contributed by atoms with Crippen LogP contribution in [0.5, 0.6) is 0 Å². The van der Waals surface area contributed by atoms with Gasteiger partial charge in [-0.1, -0.05) is 6.07 Å². The summed E-state index contributed by atoms with van der Waals surface area (Å²) in [5.74, 6) is 0.992. The standard InChI is InChI=1S/C17H16N4O2/c22-17(13-4-5-14-15(11-13)23-12-19-14)21-9-7-20(8-10-21)16-3-1-2-6-18-16/h1-6,11-12H,7-10H2. The Morgan fingerprint density at radius 1 is 1.04 bits per heavy atom. The molecule has 2 aromatic heterocycles. The number of benzene rings is 1. The van der Waals surface area contributed by atoms with Crippen LogP contribution in [0.3, 0.4) is 0 Å². The second kappa shape index (κ2) is 5.72. The predicted octanol–water partition coefficient (Wildman–Crippen LogP) is 2.19. The molecule has 0 radical (unpaired) electrons. The smallest absolute Gasteiger partial charge is 0.254 e. The van der Waals surface area contributed by atoms with Crippen molar-refractivity contribution in [3.63, 3.8) is 0 Å². The number of aromatic nitrogens is 2. The summed E-state index contributed by atoms with van der Waals surface area (Å²) in [7, 11) is 0. The highest BCUT2D eigenvalue weighted by Gasteiger charge is 2.23. The highest BCUT2D eigenvalue weighted by Crippen LogP contribution is 2.18. The first kappa shape index (κ1) is 13.8. The van der Waals surface area contributed by atoms with Gasteiger partial charge in [0, 0.05) is 37.9 Å². The van der Waals surface area contributed by atoms with Gasteiger partial charge in [0.25, 0.3) is 5.91 Å². The lowest BCUT2D eigenvalue weighted by Gasteiger charge is -2.35. The normalized spacial score (nSPS) is 15.1. The Morgan fingerprint density at radius 3 is 2.70 bits per heavy atom. The lowest BCUT2D eigenvalue weighted by Crippen LogP contribution is -2.49. The van der Waals surface area contributed by atoms with Crippen LogP contribution in [0.1, 0.15) is 10.4 Å². The summed E-state index contributed by atoms with van der Waals surface area (Å²) in [6.45, 7) is 2.94. The van der Waals surface area contributed by atoms with E-state index in [9.17, 15) is 4.79 Å². The first-order valence-corrected chi connectivity index (χ1v) is 7.60. The molecular weight excluding hydrogens is 292 g/mol. The number of pyridine rings is 1. The minimum atomic E-state index is 0.0315. The molecule has 23 heavy (non-hydrogen) atoms. The molecule has 1 saturated heterocycles. The van der Waals surface area contributed by atoms with Crippen molar-refractivity contribution < 1.29 is 9.21 Å². The van der Waals surface area contributed by atoms with Crippen molar-refractivity contribution in [1.29, 1.82) is 0 Å². The summed E-state index contributed by atoms with van der Waals surface area (Å²) in [5, 5.41) is 0. The largest absolute Gasteiger partial charge is 0.443 e. The van der Waals surface area contributed by atoms with Crippen molar-refractivity contribution in [2.24, 2.45) is 0 Å². The number of rotatable bonds is 2. The van der Waals surface area contributed by atoms with E-state index in [0.29, 0.717) is 24.2 Å². The zero-order valence-corrected chi connectivity index (χ0v) is 12.6. The van der Waals surface area contributed by atoms with E-state index in [1.54, 1.807) is 18.3 Å². The minimum absolute atomic E-state index is 0.0315. The van der Waals surface area contributed by atoms with Gasteiger partial charge in [0.05, 0.1) is 0 Å². The van der Waals surface area contributed by atoms with Crippen molar-refractivity contribution in [3.05, 3.63) is 54.6 Å². The number of amides is 1. The molecular formula is C17H16N4O2. The molecule has 1 amide bonds. The number of carbonyl (C=O) groups is 1. The third-order valence-corrected chi connectivity index (χ3v) is 4.12. The van der Waals surface area contributed by atoms with Crippen LogP contribution < -0.4 is 4.90 Å². The van der Waals surface area contributed by atoms with Gasteiger partial charge in [0.1, 0.15) is 11.3 Å². The summed E-state index contributed by atoms with van der Waals surface area (Å²) in [4.78, 5) is 25.1. The van der Waals surface area contributed by atoms with Crippen LogP contribution in [0.2, 0.25) is 0 Å². The Balaban J connectivity index is 1.46. The number of piperazine rings is 1. The lowest BCUT2D eigenvalue weighted by atomic mass is 10.1. The topological polar surface area (TPSA) is 62.5 Å². The molecule has 1 aliphatic heterocycles. The van der Waals surface area contributed by atoms with Crippen LogP contribution >= 0.6 is 0 Å². The molecule has 0 N–H and O–H groups in total. The number of oxazole rings is 1. The molecule has 0 unspecified atom stereocenters. The van der Waals surface area contributed by atoms with Gasteiger partial charge in [-0.3, -0.25) is 4.79 Å². The quantitative estimate of drug-likeness (QED) is 0.726. The third-order valence-electron chi connectivity index (χ3n) is 4.12. The molecule has 0 spiro atoms. The van der Waals surface area contributed by atoms with Gasteiger partial charge in [-0.2, -0.15) is 0 Å². The van der Waals surface area contributed by atoms with E-state index in [2.05, 4.69) is 14.9 Å². The molecule has 1 fully saturated rings. The number of carbonyl (C=O) groups excluding carboxylic acids is 1. The van der Waals surface area contributed by atoms with E-state index in [4.69, 9.17) is 4.42 Å².